The number of carbonyl (C=O) groups excluding carboxylic acids is 2. The zero-order valence-corrected chi connectivity index (χ0v) is 13.7. The molecule has 0 unspecified atom stereocenters. The highest BCUT2D eigenvalue weighted by molar-refractivity contribution is 5.94. The molecule has 0 bridgehead atoms. The lowest BCUT2D eigenvalue weighted by Gasteiger charge is -2.22. The molecule has 0 aromatic heterocycles. The van der Waals surface area contributed by atoms with Gasteiger partial charge in [-0.3, -0.25) is 9.59 Å². The van der Waals surface area contributed by atoms with Crippen LogP contribution in [0.5, 0.6) is 0 Å². The van der Waals surface area contributed by atoms with Crippen LogP contribution in [-0.2, 0) is 20.9 Å². The normalized spacial score (nSPS) is 10.4. The molecule has 7 heteroatoms. The summed E-state index contributed by atoms with van der Waals surface area (Å²) in [4.78, 5) is 25.4. The predicted molar refractivity (Wildman–Crippen MR) is 88.7 cm³/mol. The third-order valence-corrected chi connectivity index (χ3v) is 3.42. The van der Waals surface area contributed by atoms with Gasteiger partial charge in [0, 0.05) is 19.2 Å². The van der Waals surface area contributed by atoms with Crippen LogP contribution in [0.3, 0.4) is 0 Å². The Balaban J connectivity index is 2.10. The number of hydrogen-bond acceptors (Lipinski definition) is 3. The zero-order valence-electron chi connectivity index (χ0n) is 13.7. The molecular weight excluding hydrogens is 330 g/mol. The first kappa shape index (κ1) is 18.5. The van der Waals surface area contributed by atoms with E-state index >= 15 is 0 Å². The summed E-state index contributed by atoms with van der Waals surface area (Å²) in [5.74, 6) is -2.13. The molecule has 2 rings (SSSR count). The van der Waals surface area contributed by atoms with Crippen LogP contribution in [0.2, 0.25) is 0 Å². The molecule has 0 radical (unpaired) electrons. The fraction of sp³-hybridized carbons (Fsp3) is 0.222. The van der Waals surface area contributed by atoms with E-state index in [-0.39, 0.29) is 30.9 Å². The maximum Gasteiger partial charge on any atom is 0.249 e. The predicted octanol–water partition coefficient (Wildman–Crippen LogP) is 2.58. The SMILES string of the molecule is COCC(=O)N(CC(=O)Nc1ccccc1F)Cc1ccccc1F. The van der Waals surface area contributed by atoms with Gasteiger partial charge >= 0.3 is 0 Å². The highest BCUT2D eigenvalue weighted by Gasteiger charge is 2.19. The Bertz CT molecular complexity index is 753. The molecule has 0 aliphatic rings. The molecule has 2 amide bonds. The average molecular weight is 348 g/mol. The van der Waals surface area contributed by atoms with E-state index in [2.05, 4.69) is 5.32 Å². The summed E-state index contributed by atoms with van der Waals surface area (Å²) < 4.78 is 32.2. The summed E-state index contributed by atoms with van der Waals surface area (Å²) in [6, 6.07) is 11.7. The van der Waals surface area contributed by atoms with E-state index in [1.807, 2.05) is 0 Å². The van der Waals surface area contributed by atoms with Gasteiger partial charge in [0.15, 0.2) is 0 Å². The molecule has 2 aromatic rings. The van der Waals surface area contributed by atoms with E-state index in [1.165, 1.54) is 43.5 Å². The van der Waals surface area contributed by atoms with Crippen LogP contribution in [-0.4, -0.2) is 37.0 Å². The van der Waals surface area contributed by atoms with Gasteiger partial charge in [0.25, 0.3) is 0 Å². The van der Waals surface area contributed by atoms with Crippen LogP contribution in [0, 0.1) is 11.6 Å². The molecule has 132 valence electrons. The van der Waals surface area contributed by atoms with E-state index in [4.69, 9.17) is 4.74 Å². The van der Waals surface area contributed by atoms with Crippen molar-refractivity contribution in [3.8, 4) is 0 Å². The molecular formula is C18H18F2N2O3. The van der Waals surface area contributed by atoms with Crippen molar-refractivity contribution in [1.82, 2.24) is 4.90 Å². The molecule has 2 aromatic carbocycles. The summed E-state index contributed by atoms with van der Waals surface area (Å²) in [7, 11) is 1.35. The zero-order chi connectivity index (χ0) is 18.2. The quantitative estimate of drug-likeness (QED) is 0.837. The number of nitrogens with one attached hydrogen (secondary N) is 1. The molecule has 0 fully saturated rings. The van der Waals surface area contributed by atoms with Gasteiger partial charge < -0.3 is 15.0 Å². The van der Waals surface area contributed by atoms with Crippen molar-refractivity contribution in [1.29, 1.82) is 0 Å². The van der Waals surface area contributed by atoms with Gasteiger partial charge in [0.1, 0.15) is 24.8 Å². The molecule has 0 spiro atoms. The highest BCUT2D eigenvalue weighted by Crippen LogP contribution is 2.13. The number of benzene rings is 2. The minimum Gasteiger partial charge on any atom is -0.375 e. The smallest absolute Gasteiger partial charge is 0.249 e. The lowest BCUT2D eigenvalue weighted by Crippen LogP contribution is -2.39. The number of nitrogens with zero attached hydrogens (tertiary/aromatic N) is 1. The van der Waals surface area contributed by atoms with Gasteiger partial charge in [0.05, 0.1) is 5.69 Å². The van der Waals surface area contributed by atoms with Gasteiger partial charge in [-0.1, -0.05) is 30.3 Å². The minimum absolute atomic E-state index is 0.0116. The first-order valence-electron chi connectivity index (χ1n) is 7.55. The van der Waals surface area contributed by atoms with E-state index in [1.54, 1.807) is 12.1 Å². The lowest BCUT2D eigenvalue weighted by atomic mass is 10.2. The van der Waals surface area contributed by atoms with Gasteiger partial charge in [-0.2, -0.15) is 0 Å². The Morgan fingerprint density at radius 3 is 2.32 bits per heavy atom. The van der Waals surface area contributed by atoms with Crippen molar-refractivity contribution < 1.29 is 23.1 Å². The van der Waals surface area contributed by atoms with Gasteiger partial charge in [-0.25, -0.2) is 8.78 Å². The van der Waals surface area contributed by atoms with E-state index in [9.17, 15) is 18.4 Å². The molecule has 0 atom stereocenters. The Labute approximate surface area is 144 Å². The third kappa shape index (κ3) is 5.36. The standard InChI is InChI=1S/C18H18F2N2O3/c1-25-12-18(24)22(10-13-6-2-3-7-14(13)19)11-17(23)21-16-9-5-4-8-15(16)20/h2-9H,10-12H2,1H3,(H,21,23). The summed E-state index contributed by atoms with van der Waals surface area (Å²) in [6.45, 7) is -0.703. The first-order valence-corrected chi connectivity index (χ1v) is 7.55. The molecule has 0 saturated carbocycles. The Morgan fingerprint density at radius 2 is 1.68 bits per heavy atom. The number of halogens is 2. The molecule has 0 saturated heterocycles. The molecule has 0 heterocycles. The maximum atomic E-state index is 13.8. The summed E-state index contributed by atoms with van der Waals surface area (Å²) >= 11 is 0. The van der Waals surface area contributed by atoms with Crippen molar-refractivity contribution in [2.24, 2.45) is 0 Å². The van der Waals surface area contributed by atoms with Crippen molar-refractivity contribution in [2.75, 3.05) is 25.6 Å². The number of anilines is 1. The molecule has 5 nitrogen and oxygen atoms in total. The number of amides is 2. The van der Waals surface area contributed by atoms with E-state index in [0.717, 1.165) is 4.90 Å². The fourth-order valence-corrected chi connectivity index (χ4v) is 2.20. The number of para-hydroxylation sites is 1. The van der Waals surface area contributed by atoms with Crippen molar-refractivity contribution in [3.63, 3.8) is 0 Å². The van der Waals surface area contributed by atoms with Gasteiger partial charge in [0.2, 0.25) is 11.8 Å². The van der Waals surface area contributed by atoms with Crippen molar-refractivity contribution >= 4 is 17.5 Å². The van der Waals surface area contributed by atoms with Gasteiger partial charge in [-0.15, -0.1) is 0 Å². The van der Waals surface area contributed by atoms with E-state index in [0.29, 0.717) is 0 Å². The second-order valence-electron chi connectivity index (χ2n) is 5.30. The number of carbonyl (C=O) groups is 2. The monoisotopic (exact) mass is 348 g/mol. The Morgan fingerprint density at radius 1 is 1.04 bits per heavy atom. The van der Waals surface area contributed by atoms with Crippen LogP contribution in [0.4, 0.5) is 14.5 Å². The maximum absolute atomic E-state index is 13.8. The van der Waals surface area contributed by atoms with Crippen LogP contribution in [0.1, 0.15) is 5.56 Å². The van der Waals surface area contributed by atoms with E-state index < -0.39 is 23.4 Å². The highest BCUT2D eigenvalue weighted by atomic mass is 19.1. The Kier molecular flexibility index (Phi) is 6.59. The molecule has 0 aliphatic heterocycles. The van der Waals surface area contributed by atoms with Crippen molar-refractivity contribution in [3.05, 3.63) is 65.7 Å². The Hall–Kier alpha value is -2.80. The minimum atomic E-state index is -0.592. The molecule has 25 heavy (non-hydrogen) atoms. The molecule has 1 N–H and O–H groups in total. The van der Waals surface area contributed by atoms with Crippen LogP contribution < -0.4 is 5.32 Å². The van der Waals surface area contributed by atoms with Crippen LogP contribution in [0.15, 0.2) is 48.5 Å². The second kappa shape index (κ2) is 8.89. The molecule has 0 aliphatic carbocycles. The number of hydrogen-bond donors (Lipinski definition) is 1. The number of methoxy groups -OCH3 is 1. The fourth-order valence-electron chi connectivity index (χ4n) is 2.20. The summed E-state index contributed by atoms with van der Waals surface area (Å²) in [5, 5.41) is 2.40. The third-order valence-electron chi connectivity index (χ3n) is 3.42. The van der Waals surface area contributed by atoms with Crippen LogP contribution >= 0.6 is 0 Å². The van der Waals surface area contributed by atoms with Crippen LogP contribution in [0.25, 0.3) is 0 Å². The summed E-state index contributed by atoms with van der Waals surface area (Å²) in [6.07, 6.45) is 0. The van der Waals surface area contributed by atoms with Crippen molar-refractivity contribution in [2.45, 2.75) is 6.54 Å². The number of rotatable bonds is 7. The summed E-state index contributed by atoms with van der Waals surface area (Å²) in [5.41, 5.74) is 0.281. The first-order chi connectivity index (χ1) is 12.0. The average Bonchev–Trinajstić information content (AvgIpc) is 2.58. The largest absolute Gasteiger partial charge is 0.375 e. The topological polar surface area (TPSA) is 58.6 Å². The lowest BCUT2D eigenvalue weighted by molar-refractivity contribution is -0.138. The second-order valence-corrected chi connectivity index (χ2v) is 5.30. The number of ether oxygens (including phenoxy) is 1. The van der Waals surface area contributed by atoms with Gasteiger partial charge in [-0.05, 0) is 18.2 Å².